The van der Waals surface area contributed by atoms with Crippen LogP contribution in [0.4, 0.5) is 5.69 Å². The highest BCUT2D eigenvalue weighted by molar-refractivity contribution is 7.89. The summed E-state index contributed by atoms with van der Waals surface area (Å²) in [7, 11) is -3.92. The molecule has 3 rings (SSSR count). The molecule has 0 fully saturated rings. The van der Waals surface area contributed by atoms with Gasteiger partial charge in [0.1, 0.15) is 0 Å². The predicted molar refractivity (Wildman–Crippen MR) is 139 cm³/mol. The second-order valence-corrected chi connectivity index (χ2v) is 10.6. The SMILES string of the molecule is CCc1cccc(CC)c1NC(=O)CN(Cc1ccccc1)S(=O)(=O)c1c(C)cc(C)cc1C. The van der Waals surface area contributed by atoms with Gasteiger partial charge in [0, 0.05) is 12.2 Å². The molecule has 3 aromatic carbocycles. The summed E-state index contributed by atoms with van der Waals surface area (Å²) in [6.07, 6.45) is 1.55. The maximum atomic E-state index is 13.9. The highest BCUT2D eigenvalue weighted by Gasteiger charge is 2.30. The number of nitrogens with one attached hydrogen (secondary N) is 1. The summed E-state index contributed by atoms with van der Waals surface area (Å²) in [5.74, 6) is -0.350. The van der Waals surface area contributed by atoms with Gasteiger partial charge in [-0.2, -0.15) is 4.31 Å². The zero-order chi connectivity index (χ0) is 24.9. The number of anilines is 1. The van der Waals surface area contributed by atoms with Crippen LogP contribution in [0, 0.1) is 20.8 Å². The molecular weight excluding hydrogens is 444 g/mol. The maximum absolute atomic E-state index is 13.9. The third-order valence-electron chi connectivity index (χ3n) is 5.99. The molecule has 0 aliphatic heterocycles. The van der Waals surface area contributed by atoms with Crippen LogP contribution in [-0.4, -0.2) is 25.2 Å². The molecule has 0 radical (unpaired) electrons. The van der Waals surface area contributed by atoms with Gasteiger partial charge >= 0.3 is 0 Å². The van der Waals surface area contributed by atoms with Crippen molar-refractivity contribution in [2.45, 2.75) is 58.9 Å². The molecule has 0 saturated carbocycles. The van der Waals surface area contributed by atoms with Crippen molar-refractivity contribution in [3.63, 3.8) is 0 Å². The predicted octanol–water partition coefficient (Wildman–Crippen LogP) is 5.57. The number of carbonyl (C=O) groups excluding carboxylic acids is 1. The van der Waals surface area contributed by atoms with Crippen molar-refractivity contribution in [3.8, 4) is 0 Å². The highest BCUT2D eigenvalue weighted by Crippen LogP contribution is 2.27. The van der Waals surface area contributed by atoms with Crippen molar-refractivity contribution >= 4 is 21.6 Å². The summed E-state index contributed by atoms with van der Waals surface area (Å²) in [5, 5.41) is 3.01. The Balaban J connectivity index is 1.99. The van der Waals surface area contributed by atoms with Gasteiger partial charge in [-0.1, -0.05) is 80.1 Å². The summed E-state index contributed by atoms with van der Waals surface area (Å²) in [6.45, 7) is 9.48. The molecule has 0 bridgehead atoms. The van der Waals surface area contributed by atoms with Gasteiger partial charge in [0.2, 0.25) is 15.9 Å². The third kappa shape index (κ3) is 5.75. The van der Waals surface area contributed by atoms with Crippen LogP contribution in [0.2, 0.25) is 0 Å². The van der Waals surface area contributed by atoms with E-state index in [0.717, 1.165) is 40.8 Å². The van der Waals surface area contributed by atoms with Crippen LogP contribution < -0.4 is 5.32 Å². The number of amides is 1. The Morgan fingerprint density at radius 1 is 0.853 bits per heavy atom. The molecule has 0 atom stereocenters. The lowest BCUT2D eigenvalue weighted by molar-refractivity contribution is -0.116. The quantitative estimate of drug-likeness (QED) is 0.437. The number of rotatable bonds is 9. The topological polar surface area (TPSA) is 66.5 Å². The van der Waals surface area contributed by atoms with E-state index >= 15 is 0 Å². The van der Waals surface area contributed by atoms with E-state index in [2.05, 4.69) is 5.32 Å². The van der Waals surface area contributed by atoms with E-state index in [1.807, 2.05) is 81.4 Å². The first-order valence-corrected chi connectivity index (χ1v) is 13.1. The molecule has 0 heterocycles. The average molecular weight is 479 g/mol. The molecular formula is C28H34N2O3S. The van der Waals surface area contributed by atoms with Crippen LogP contribution in [0.15, 0.2) is 65.6 Å². The first-order chi connectivity index (χ1) is 16.2. The minimum absolute atomic E-state index is 0.111. The van der Waals surface area contributed by atoms with Crippen LogP contribution in [0.3, 0.4) is 0 Å². The Morgan fingerprint density at radius 2 is 1.41 bits per heavy atom. The molecule has 0 aliphatic carbocycles. The Morgan fingerprint density at radius 3 is 1.94 bits per heavy atom. The number of benzene rings is 3. The van der Waals surface area contributed by atoms with Crippen molar-refractivity contribution in [2.24, 2.45) is 0 Å². The molecule has 1 N–H and O–H groups in total. The van der Waals surface area contributed by atoms with Gasteiger partial charge in [-0.15, -0.1) is 0 Å². The summed E-state index contributed by atoms with van der Waals surface area (Å²) in [4.78, 5) is 13.5. The van der Waals surface area contributed by atoms with Gasteiger partial charge in [0.15, 0.2) is 0 Å². The van der Waals surface area contributed by atoms with E-state index in [1.165, 1.54) is 4.31 Å². The maximum Gasteiger partial charge on any atom is 0.244 e. The Kier molecular flexibility index (Phi) is 8.28. The van der Waals surface area contributed by atoms with E-state index in [0.29, 0.717) is 11.1 Å². The van der Waals surface area contributed by atoms with Gasteiger partial charge in [-0.05, 0) is 61.4 Å². The zero-order valence-electron chi connectivity index (χ0n) is 20.7. The number of aryl methyl sites for hydroxylation is 5. The Hall–Kier alpha value is -2.96. The lowest BCUT2D eigenvalue weighted by atomic mass is 10.0. The number of hydrogen-bond donors (Lipinski definition) is 1. The molecule has 1 amide bonds. The summed E-state index contributed by atoms with van der Waals surface area (Å²) < 4.78 is 29.0. The molecule has 0 spiro atoms. The number of hydrogen-bond acceptors (Lipinski definition) is 3. The molecule has 0 saturated heterocycles. The molecule has 6 heteroatoms. The minimum Gasteiger partial charge on any atom is -0.324 e. The molecule has 34 heavy (non-hydrogen) atoms. The highest BCUT2D eigenvalue weighted by atomic mass is 32.2. The van der Waals surface area contributed by atoms with Crippen molar-refractivity contribution in [3.05, 3.63) is 94.0 Å². The lowest BCUT2D eigenvalue weighted by Gasteiger charge is -2.25. The fourth-order valence-corrected chi connectivity index (χ4v) is 6.25. The minimum atomic E-state index is -3.92. The monoisotopic (exact) mass is 478 g/mol. The summed E-state index contributed by atoms with van der Waals surface area (Å²) in [5.41, 5.74) is 6.05. The van der Waals surface area contributed by atoms with Gasteiger partial charge < -0.3 is 5.32 Å². The van der Waals surface area contributed by atoms with E-state index < -0.39 is 10.0 Å². The molecule has 3 aromatic rings. The fourth-order valence-electron chi connectivity index (χ4n) is 4.46. The number of para-hydroxylation sites is 1. The van der Waals surface area contributed by atoms with Crippen LogP contribution in [0.5, 0.6) is 0 Å². The van der Waals surface area contributed by atoms with Crippen molar-refractivity contribution in [2.75, 3.05) is 11.9 Å². The van der Waals surface area contributed by atoms with E-state index in [1.54, 1.807) is 13.8 Å². The van der Waals surface area contributed by atoms with Gasteiger partial charge in [0.05, 0.1) is 11.4 Å². The van der Waals surface area contributed by atoms with Crippen LogP contribution >= 0.6 is 0 Å². The Bertz CT molecular complexity index is 1220. The van der Waals surface area contributed by atoms with E-state index in [-0.39, 0.29) is 23.9 Å². The first-order valence-electron chi connectivity index (χ1n) is 11.7. The normalized spacial score (nSPS) is 11.6. The van der Waals surface area contributed by atoms with Gasteiger partial charge in [-0.3, -0.25) is 4.79 Å². The summed E-state index contributed by atoms with van der Waals surface area (Å²) >= 11 is 0. The average Bonchev–Trinajstić information content (AvgIpc) is 2.78. The smallest absolute Gasteiger partial charge is 0.244 e. The fraction of sp³-hybridized carbons (Fsp3) is 0.321. The second-order valence-electron chi connectivity index (χ2n) is 8.69. The molecule has 0 aromatic heterocycles. The van der Waals surface area contributed by atoms with Crippen molar-refractivity contribution in [1.29, 1.82) is 0 Å². The van der Waals surface area contributed by atoms with Crippen LogP contribution in [-0.2, 0) is 34.2 Å². The van der Waals surface area contributed by atoms with Crippen molar-refractivity contribution < 1.29 is 13.2 Å². The first kappa shape index (κ1) is 25.7. The van der Waals surface area contributed by atoms with Gasteiger partial charge in [-0.25, -0.2) is 8.42 Å². The Labute approximate surface area is 203 Å². The molecule has 0 aliphatic rings. The van der Waals surface area contributed by atoms with Crippen LogP contribution in [0.1, 0.15) is 47.2 Å². The molecule has 180 valence electrons. The largest absolute Gasteiger partial charge is 0.324 e. The zero-order valence-corrected chi connectivity index (χ0v) is 21.5. The van der Waals surface area contributed by atoms with Crippen molar-refractivity contribution in [1.82, 2.24) is 4.31 Å². The number of nitrogens with zero attached hydrogens (tertiary/aromatic N) is 1. The standard InChI is InChI=1S/C28H34N2O3S/c1-6-24-14-11-15-25(7-2)27(24)29-26(31)19-30(18-23-12-9-8-10-13-23)34(32,33)28-21(4)16-20(3)17-22(28)5/h8-17H,6-7,18-19H2,1-5H3,(H,29,31). The number of carbonyl (C=O) groups is 1. The molecule has 5 nitrogen and oxygen atoms in total. The van der Waals surface area contributed by atoms with E-state index in [9.17, 15) is 13.2 Å². The lowest BCUT2D eigenvalue weighted by Crippen LogP contribution is -2.38. The molecule has 0 unspecified atom stereocenters. The van der Waals surface area contributed by atoms with Crippen LogP contribution in [0.25, 0.3) is 0 Å². The summed E-state index contributed by atoms with van der Waals surface area (Å²) in [6, 6.07) is 19.1. The number of sulfonamides is 1. The van der Waals surface area contributed by atoms with E-state index in [4.69, 9.17) is 0 Å². The second kappa shape index (κ2) is 11.0. The third-order valence-corrected chi connectivity index (χ3v) is 8.09. The van der Waals surface area contributed by atoms with Gasteiger partial charge in [0.25, 0.3) is 0 Å².